The van der Waals surface area contributed by atoms with Gasteiger partial charge in [-0.2, -0.15) is 0 Å². The van der Waals surface area contributed by atoms with Crippen molar-refractivity contribution in [3.8, 4) is 5.75 Å². The smallest absolute Gasteiger partial charge is 0.265 e. The molecule has 0 fully saturated rings. The monoisotopic (exact) mass is 327 g/mol. The summed E-state index contributed by atoms with van der Waals surface area (Å²) in [4.78, 5) is 7.99. The van der Waals surface area contributed by atoms with Crippen molar-refractivity contribution < 1.29 is 13.2 Å². The van der Waals surface area contributed by atoms with Gasteiger partial charge < -0.3 is 4.74 Å². The predicted molar refractivity (Wildman–Crippen MR) is 80.3 cm³/mol. The van der Waals surface area contributed by atoms with Crippen LogP contribution in [0.4, 0.5) is 5.95 Å². The van der Waals surface area contributed by atoms with Crippen LogP contribution in [0.15, 0.2) is 29.2 Å². The lowest BCUT2D eigenvalue weighted by Crippen LogP contribution is -2.16. The molecule has 1 aromatic heterocycles. The lowest BCUT2D eigenvalue weighted by molar-refractivity contribution is 0.413. The summed E-state index contributed by atoms with van der Waals surface area (Å²) in [5, 5.41) is 0.0904. The van der Waals surface area contributed by atoms with E-state index in [0.717, 1.165) is 0 Å². The molecule has 0 spiro atoms. The van der Waals surface area contributed by atoms with E-state index in [1.54, 1.807) is 26.0 Å². The van der Waals surface area contributed by atoms with Gasteiger partial charge in [-0.1, -0.05) is 11.6 Å². The van der Waals surface area contributed by atoms with Crippen LogP contribution >= 0.6 is 11.6 Å². The van der Waals surface area contributed by atoms with Gasteiger partial charge >= 0.3 is 0 Å². The Kier molecular flexibility index (Phi) is 4.34. The predicted octanol–water partition coefficient (Wildman–Crippen LogP) is 2.56. The molecule has 1 aromatic carbocycles. The fraction of sp³-hybridized carbons (Fsp3) is 0.231. The van der Waals surface area contributed by atoms with Crippen LogP contribution < -0.4 is 9.46 Å². The molecular weight excluding hydrogens is 314 g/mol. The Morgan fingerprint density at radius 1 is 1.14 bits per heavy atom. The van der Waals surface area contributed by atoms with E-state index in [4.69, 9.17) is 16.3 Å². The third kappa shape index (κ3) is 3.62. The maximum absolute atomic E-state index is 12.4. The van der Waals surface area contributed by atoms with Crippen molar-refractivity contribution in [3.63, 3.8) is 0 Å². The number of hydrogen-bond acceptors (Lipinski definition) is 5. The van der Waals surface area contributed by atoms with Crippen LogP contribution in [0.1, 0.15) is 11.4 Å². The van der Waals surface area contributed by atoms with Gasteiger partial charge in [0, 0.05) is 17.5 Å². The van der Waals surface area contributed by atoms with E-state index >= 15 is 0 Å². The van der Waals surface area contributed by atoms with Crippen molar-refractivity contribution >= 4 is 27.6 Å². The first-order valence-corrected chi connectivity index (χ1v) is 7.86. The minimum Gasteiger partial charge on any atom is -0.497 e. The van der Waals surface area contributed by atoms with Crippen molar-refractivity contribution in [2.75, 3.05) is 11.8 Å². The number of anilines is 1. The molecule has 0 saturated carbocycles. The number of rotatable bonds is 4. The molecule has 0 aliphatic rings. The number of sulfonamides is 1. The molecule has 2 aromatic rings. The number of aryl methyl sites for hydroxylation is 2. The highest BCUT2D eigenvalue weighted by molar-refractivity contribution is 7.92. The Balaban J connectivity index is 2.42. The van der Waals surface area contributed by atoms with Crippen molar-refractivity contribution in [1.29, 1.82) is 0 Å². The van der Waals surface area contributed by atoms with Gasteiger partial charge in [0.2, 0.25) is 5.95 Å². The molecular formula is C13H14ClN3O3S. The number of aromatic nitrogens is 2. The standard InChI is InChI=1S/C13H14ClN3O3S/c1-8-6-9(2)16-13(15-8)17-21(18,19)12-7-10(20-3)4-5-11(12)14/h4-7H,1-3H3,(H,15,16,17). The average molecular weight is 328 g/mol. The number of ether oxygens (including phenoxy) is 1. The summed E-state index contributed by atoms with van der Waals surface area (Å²) < 4.78 is 32.1. The molecule has 0 bridgehead atoms. The van der Waals surface area contributed by atoms with Gasteiger partial charge in [0.15, 0.2) is 0 Å². The first-order chi connectivity index (χ1) is 9.81. The summed E-state index contributed by atoms with van der Waals surface area (Å²) in [6, 6.07) is 6.12. The van der Waals surface area contributed by atoms with Gasteiger partial charge in [0.05, 0.1) is 12.1 Å². The number of hydrogen-bond donors (Lipinski definition) is 1. The van der Waals surface area contributed by atoms with Crippen LogP contribution in [-0.4, -0.2) is 25.5 Å². The Bertz CT molecular complexity index is 758. The molecule has 1 N–H and O–H groups in total. The minimum absolute atomic E-state index is 0.00591. The summed E-state index contributed by atoms with van der Waals surface area (Å²) >= 11 is 5.95. The van der Waals surface area contributed by atoms with E-state index in [2.05, 4.69) is 14.7 Å². The Hall–Kier alpha value is -1.86. The molecule has 0 amide bonds. The summed E-state index contributed by atoms with van der Waals surface area (Å²) in [6.07, 6.45) is 0. The summed E-state index contributed by atoms with van der Waals surface area (Å²) in [5.41, 5.74) is 1.33. The Labute approximate surface area is 128 Å². The second-order valence-corrected chi connectivity index (χ2v) is 6.43. The van der Waals surface area contributed by atoms with E-state index in [9.17, 15) is 8.42 Å². The van der Waals surface area contributed by atoms with Gasteiger partial charge in [-0.15, -0.1) is 0 Å². The minimum atomic E-state index is -3.90. The molecule has 6 nitrogen and oxygen atoms in total. The first kappa shape index (κ1) is 15.5. The number of nitrogens with one attached hydrogen (secondary N) is 1. The van der Waals surface area contributed by atoms with Crippen LogP contribution in [0.3, 0.4) is 0 Å². The van der Waals surface area contributed by atoms with Crippen LogP contribution in [0, 0.1) is 13.8 Å². The molecule has 112 valence electrons. The van der Waals surface area contributed by atoms with Gasteiger partial charge in [-0.3, -0.25) is 0 Å². The molecule has 0 aliphatic heterocycles. The average Bonchev–Trinajstić information content (AvgIpc) is 2.37. The zero-order valence-corrected chi connectivity index (χ0v) is 13.3. The van der Waals surface area contributed by atoms with Crippen LogP contribution in [-0.2, 0) is 10.0 Å². The van der Waals surface area contributed by atoms with E-state index in [-0.39, 0.29) is 15.9 Å². The maximum atomic E-state index is 12.4. The van der Waals surface area contributed by atoms with Crippen LogP contribution in [0.2, 0.25) is 5.02 Å². The third-order valence-corrected chi connectivity index (χ3v) is 4.45. The quantitative estimate of drug-likeness (QED) is 0.933. The lowest BCUT2D eigenvalue weighted by Gasteiger charge is -2.10. The fourth-order valence-electron chi connectivity index (χ4n) is 1.76. The topological polar surface area (TPSA) is 81.2 Å². The summed E-state index contributed by atoms with van der Waals surface area (Å²) in [5.74, 6) is 0.396. The first-order valence-electron chi connectivity index (χ1n) is 6.00. The normalized spacial score (nSPS) is 11.2. The number of benzene rings is 1. The summed E-state index contributed by atoms with van der Waals surface area (Å²) in [7, 11) is -2.45. The number of nitrogens with zero attached hydrogens (tertiary/aromatic N) is 2. The molecule has 0 atom stereocenters. The van der Waals surface area contributed by atoms with Gasteiger partial charge in [-0.25, -0.2) is 23.1 Å². The number of methoxy groups -OCH3 is 1. The van der Waals surface area contributed by atoms with Gasteiger partial charge in [0.1, 0.15) is 10.6 Å². The SMILES string of the molecule is COc1ccc(Cl)c(S(=O)(=O)Nc2nc(C)cc(C)n2)c1. The third-order valence-electron chi connectivity index (χ3n) is 2.64. The van der Waals surface area contributed by atoms with Gasteiger partial charge in [0.25, 0.3) is 10.0 Å². The summed E-state index contributed by atoms with van der Waals surface area (Å²) in [6.45, 7) is 3.51. The highest BCUT2D eigenvalue weighted by Gasteiger charge is 2.20. The molecule has 21 heavy (non-hydrogen) atoms. The molecule has 0 unspecified atom stereocenters. The van der Waals surface area contributed by atoms with E-state index in [0.29, 0.717) is 17.1 Å². The van der Waals surface area contributed by atoms with E-state index in [1.165, 1.54) is 19.2 Å². The van der Waals surface area contributed by atoms with Crippen molar-refractivity contribution in [3.05, 3.63) is 40.7 Å². The van der Waals surface area contributed by atoms with Crippen molar-refractivity contribution in [2.24, 2.45) is 0 Å². The zero-order chi connectivity index (χ0) is 15.6. The van der Waals surface area contributed by atoms with Crippen molar-refractivity contribution in [1.82, 2.24) is 9.97 Å². The molecule has 2 rings (SSSR count). The Morgan fingerprint density at radius 2 is 1.76 bits per heavy atom. The highest BCUT2D eigenvalue weighted by Crippen LogP contribution is 2.27. The molecule has 0 aliphatic carbocycles. The second kappa shape index (κ2) is 5.87. The lowest BCUT2D eigenvalue weighted by atomic mass is 10.3. The Morgan fingerprint density at radius 3 is 2.33 bits per heavy atom. The highest BCUT2D eigenvalue weighted by atomic mass is 35.5. The molecule has 0 radical (unpaired) electrons. The molecule has 1 heterocycles. The van der Waals surface area contributed by atoms with Gasteiger partial charge in [-0.05, 0) is 32.0 Å². The fourth-order valence-corrected chi connectivity index (χ4v) is 3.22. The maximum Gasteiger partial charge on any atom is 0.265 e. The van der Waals surface area contributed by atoms with Crippen molar-refractivity contribution in [2.45, 2.75) is 18.7 Å². The van der Waals surface area contributed by atoms with Crippen LogP contribution in [0.5, 0.6) is 5.75 Å². The zero-order valence-electron chi connectivity index (χ0n) is 11.7. The van der Waals surface area contributed by atoms with E-state index in [1.807, 2.05) is 0 Å². The van der Waals surface area contributed by atoms with Crippen LogP contribution in [0.25, 0.3) is 0 Å². The van der Waals surface area contributed by atoms with E-state index < -0.39 is 10.0 Å². The molecule has 0 saturated heterocycles. The second-order valence-electron chi connectivity index (χ2n) is 4.38. The largest absolute Gasteiger partial charge is 0.497 e. The molecule has 8 heteroatoms. The number of halogens is 1.